The average Bonchev–Trinajstić information content (AvgIpc) is 3.09. The lowest BCUT2D eigenvalue weighted by Gasteiger charge is -2.40. The van der Waals surface area contributed by atoms with Crippen LogP contribution in [0.5, 0.6) is 0 Å². The molecular formula is C21H26O9. The van der Waals surface area contributed by atoms with Gasteiger partial charge in [-0.15, -0.1) is 0 Å². The summed E-state index contributed by atoms with van der Waals surface area (Å²) in [6, 6.07) is 0. The van der Waals surface area contributed by atoms with Gasteiger partial charge in [0.1, 0.15) is 24.1 Å². The second-order valence-corrected chi connectivity index (χ2v) is 8.42. The molecule has 4 atom stereocenters. The number of esters is 3. The summed E-state index contributed by atoms with van der Waals surface area (Å²) in [6.07, 6.45) is 0.495. The summed E-state index contributed by atoms with van der Waals surface area (Å²) in [5.41, 5.74) is -2.64. The molecule has 0 amide bonds. The van der Waals surface area contributed by atoms with Crippen LogP contribution < -0.4 is 0 Å². The molecule has 3 heterocycles. The quantitative estimate of drug-likeness (QED) is 0.390. The second kappa shape index (κ2) is 7.33. The summed E-state index contributed by atoms with van der Waals surface area (Å²) >= 11 is 0. The normalized spacial score (nSPS) is 37.2. The first kappa shape index (κ1) is 22.2. The van der Waals surface area contributed by atoms with E-state index in [0.717, 1.165) is 0 Å². The van der Waals surface area contributed by atoms with Crippen molar-refractivity contribution in [2.75, 3.05) is 6.61 Å². The third kappa shape index (κ3) is 3.92. The van der Waals surface area contributed by atoms with Crippen LogP contribution in [0.15, 0.2) is 35.1 Å². The van der Waals surface area contributed by atoms with E-state index in [0.29, 0.717) is 6.42 Å². The van der Waals surface area contributed by atoms with E-state index in [2.05, 4.69) is 6.58 Å². The van der Waals surface area contributed by atoms with Gasteiger partial charge in [0.05, 0.1) is 11.2 Å². The van der Waals surface area contributed by atoms with Gasteiger partial charge in [-0.05, 0) is 33.3 Å². The molecule has 0 aromatic rings. The smallest absolute Gasteiger partial charge is 0.343 e. The van der Waals surface area contributed by atoms with Crippen LogP contribution in [0.1, 0.15) is 47.0 Å². The van der Waals surface area contributed by atoms with Crippen LogP contribution in [0, 0.1) is 0 Å². The summed E-state index contributed by atoms with van der Waals surface area (Å²) in [4.78, 5) is 36.1. The highest BCUT2D eigenvalue weighted by Gasteiger charge is 2.58. The largest absolute Gasteiger partial charge is 0.461 e. The van der Waals surface area contributed by atoms with Crippen molar-refractivity contribution >= 4 is 17.9 Å². The summed E-state index contributed by atoms with van der Waals surface area (Å²) in [5.74, 6) is -3.96. The first-order valence-corrected chi connectivity index (χ1v) is 9.60. The monoisotopic (exact) mass is 422 g/mol. The summed E-state index contributed by atoms with van der Waals surface area (Å²) in [6.45, 7) is 8.86. The zero-order chi connectivity index (χ0) is 22.5. The predicted molar refractivity (Wildman–Crippen MR) is 101 cm³/mol. The molecule has 3 aliphatic rings. The molecular weight excluding hydrogens is 396 g/mol. The Morgan fingerprint density at radius 2 is 1.93 bits per heavy atom. The number of rotatable bonds is 4. The van der Waals surface area contributed by atoms with Gasteiger partial charge in [-0.25, -0.2) is 9.59 Å². The van der Waals surface area contributed by atoms with Crippen molar-refractivity contribution in [3.05, 3.63) is 35.1 Å². The topological polar surface area (TPSA) is 129 Å². The van der Waals surface area contributed by atoms with Crippen LogP contribution in [0.2, 0.25) is 0 Å². The molecule has 164 valence electrons. The Bertz CT molecular complexity index is 881. The van der Waals surface area contributed by atoms with E-state index in [9.17, 15) is 24.6 Å². The lowest BCUT2D eigenvalue weighted by molar-refractivity contribution is -0.298. The summed E-state index contributed by atoms with van der Waals surface area (Å²) < 4.78 is 21.7. The van der Waals surface area contributed by atoms with E-state index in [1.54, 1.807) is 6.92 Å². The molecule has 1 fully saturated rings. The highest BCUT2D eigenvalue weighted by Crippen LogP contribution is 2.49. The van der Waals surface area contributed by atoms with Gasteiger partial charge in [0.2, 0.25) is 0 Å². The van der Waals surface area contributed by atoms with Gasteiger partial charge in [-0.3, -0.25) is 4.79 Å². The summed E-state index contributed by atoms with van der Waals surface area (Å²) in [5, 5.41) is 22.1. The van der Waals surface area contributed by atoms with Gasteiger partial charge >= 0.3 is 17.9 Å². The molecule has 9 heteroatoms. The molecule has 30 heavy (non-hydrogen) atoms. The van der Waals surface area contributed by atoms with E-state index in [4.69, 9.17) is 18.9 Å². The van der Waals surface area contributed by atoms with Crippen LogP contribution in [0.4, 0.5) is 0 Å². The minimum absolute atomic E-state index is 0.0138. The molecule has 0 aliphatic carbocycles. The SMILES string of the molecule is C=C(C)C(=O)O[C@@H]1C[C@@](C)(O)C2(O)CCC(C)(/C=C3/OC(=O)C(COC(C)=O)=C31)O2. The molecule has 1 saturated heterocycles. The molecule has 0 aromatic heterocycles. The Hall–Kier alpha value is -2.49. The van der Waals surface area contributed by atoms with Crippen LogP contribution in [0.25, 0.3) is 0 Å². The Morgan fingerprint density at radius 3 is 2.53 bits per heavy atom. The Morgan fingerprint density at radius 1 is 1.27 bits per heavy atom. The van der Waals surface area contributed by atoms with Gasteiger partial charge in [-0.2, -0.15) is 0 Å². The van der Waals surface area contributed by atoms with Crippen LogP contribution in [-0.4, -0.2) is 57.8 Å². The van der Waals surface area contributed by atoms with Crippen molar-refractivity contribution in [1.29, 1.82) is 0 Å². The third-order valence-electron chi connectivity index (χ3n) is 5.60. The fourth-order valence-corrected chi connectivity index (χ4v) is 3.86. The Balaban J connectivity index is 2.17. The van der Waals surface area contributed by atoms with Gasteiger partial charge in [0, 0.05) is 30.9 Å². The minimum atomic E-state index is -1.91. The zero-order valence-corrected chi connectivity index (χ0v) is 17.4. The number of ether oxygens (including phenoxy) is 4. The van der Waals surface area contributed by atoms with E-state index in [-0.39, 0.29) is 35.3 Å². The van der Waals surface area contributed by atoms with Gasteiger partial charge < -0.3 is 29.2 Å². The fourth-order valence-electron chi connectivity index (χ4n) is 3.86. The molecule has 0 spiro atoms. The maximum atomic E-state index is 12.5. The van der Waals surface area contributed by atoms with Crippen LogP contribution in [0.3, 0.4) is 0 Å². The van der Waals surface area contributed by atoms with Crippen molar-refractivity contribution in [1.82, 2.24) is 0 Å². The summed E-state index contributed by atoms with van der Waals surface area (Å²) in [7, 11) is 0. The number of fused-ring (bicyclic) bond motifs is 3. The first-order chi connectivity index (χ1) is 13.8. The fraction of sp³-hybridized carbons (Fsp3) is 0.571. The highest BCUT2D eigenvalue weighted by molar-refractivity contribution is 5.96. The molecule has 2 bridgehead atoms. The molecule has 3 aliphatic heterocycles. The third-order valence-corrected chi connectivity index (χ3v) is 5.60. The lowest BCUT2D eigenvalue weighted by atomic mass is 9.82. The number of hydrogen-bond acceptors (Lipinski definition) is 9. The Labute approximate surface area is 173 Å². The molecule has 0 aromatic carbocycles. The van der Waals surface area contributed by atoms with Crippen molar-refractivity contribution in [2.45, 2.75) is 70.1 Å². The van der Waals surface area contributed by atoms with Crippen molar-refractivity contribution in [3.63, 3.8) is 0 Å². The van der Waals surface area contributed by atoms with E-state index in [1.807, 2.05) is 0 Å². The first-order valence-electron chi connectivity index (χ1n) is 9.60. The van der Waals surface area contributed by atoms with Crippen LogP contribution >= 0.6 is 0 Å². The number of carbonyl (C=O) groups is 3. The van der Waals surface area contributed by atoms with Crippen LogP contribution in [-0.2, 0) is 33.3 Å². The second-order valence-electron chi connectivity index (χ2n) is 8.42. The zero-order valence-electron chi connectivity index (χ0n) is 17.4. The molecule has 3 rings (SSSR count). The van der Waals surface area contributed by atoms with Crippen molar-refractivity contribution < 1.29 is 43.5 Å². The number of aliphatic hydroxyl groups is 2. The standard InChI is InChI=1S/C21H26O9/c1-11(2)17(23)28-15-9-20(5,25)21(26)7-6-19(4,30-21)8-14-16(15)13(18(24)29-14)10-27-12(3)22/h8,15,25-26H,1,6-7,9-10H2,2-5H3/b14-8+/t15-,19?,20-,21?/m1/s1. The van der Waals surface area contributed by atoms with Gasteiger partial charge in [-0.1, -0.05) is 6.58 Å². The molecule has 2 N–H and O–H groups in total. The van der Waals surface area contributed by atoms with Crippen molar-refractivity contribution in [2.24, 2.45) is 0 Å². The molecule has 2 unspecified atom stereocenters. The maximum absolute atomic E-state index is 12.5. The van der Waals surface area contributed by atoms with Gasteiger partial charge in [0.15, 0.2) is 5.79 Å². The lowest BCUT2D eigenvalue weighted by Crippen LogP contribution is -2.54. The van der Waals surface area contributed by atoms with E-state index in [1.165, 1.54) is 26.8 Å². The van der Waals surface area contributed by atoms with E-state index < -0.39 is 47.6 Å². The average molecular weight is 422 g/mol. The minimum Gasteiger partial charge on any atom is -0.461 e. The van der Waals surface area contributed by atoms with Crippen molar-refractivity contribution in [3.8, 4) is 0 Å². The predicted octanol–water partition coefficient (Wildman–Crippen LogP) is 1.19. The highest BCUT2D eigenvalue weighted by atomic mass is 16.7. The van der Waals surface area contributed by atoms with Gasteiger partial charge in [0.25, 0.3) is 0 Å². The maximum Gasteiger partial charge on any atom is 0.343 e. The number of hydrogen-bond donors (Lipinski definition) is 2. The van der Waals surface area contributed by atoms with E-state index >= 15 is 0 Å². The molecule has 0 saturated carbocycles. The Kier molecular flexibility index (Phi) is 5.43. The molecule has 9 nitrogen and oxygen atoms in total. The number of carbonyl (C=O) groups excluding carboxylic acids is 3. The molecule has 0 radical (unpaired) electrons.